The highest BCUT2D eigenvalue weighted by Crippen LogP contribution is 2.25. The van der Waals surface area contributed by atoms with Crippen LogP contribution in [0.3, 0.4) is 0 Å². The number of pyridine rings is 1. The molecule has 0 spiro atoms. The number of ether oxygens (including phenoxy) is 1. The van der Waals surface area contributed by atoms with Gasteiger partial charge in [0.15, 0.2) is 0 Å². The van der Waals surface area contributed by atoms with Crippen LogP contribution in [0.1, 0.15) is 11.3 Å². The van der Waals surface area contributed by atoms with Gasteiger partial charge in [-0.1, -0.05) is 11.6 Å². The van der Waals surface area contributed by atoms with E-state index in [4.69, 9.17) is 11.6 Å². The number of nitrogens with zero attached hydrogens (tertiary/aromatic N) is 1. The maximum absolute atomic E-state index is 12.3. The largest absolute Gasteiger partial charge is 0.434 e. The molecule has 0 saturated heterocycles. The molecule has 0 fully saturated rings. The lowest BCUT2D eigenvalue weighted by Gasteiger charge is -2.12. The van der Waals surface area contributed by atoms with Crippen LogP contribution in [-0.4, -0.2) is 11.6 Å². The second-order valence-electron chi connectivity index (χ2n) is 4.17. The lowest BCUT2D eigenvalue weighted by molar-refractivity contribution is -0.0504. The number of alkyl halides is 2. The molecule has 0 atom stereocenters. The number of hydrogen-bond donors (Lipinski definition) is 1. The van der Waals surface area contributed by atoms with Gasteiger partial charge in [0.2, 0.25) is 0 Å². The van der Waals surface area contributed by atoms with Crippen molar-refractivity contribution >= 4 is 17.3 Å². The number of hydrogen-bond acceptors (Lipinski definition) is 3. The summed E-state index contributed by atoms with van der Waals surface area (Å²) in [6, 6.07) is 8.20. The number of benzene rings is 1. The lowest BCUT2D eigenvalue weighted by atomic mass is 10.2. The molecule has 0 radical (unpaired) electrons. The van der Waals surface area contributed by atoms with Gasteiger partial charge in [-0.25, -0.2) is 0 Å². The van der Waals surface area contributed by atoms with E-state index in [9.17, 15) is 8.78 Å². The fourth-order valence-corrected chi connectivity index (χ4v) is 1.94. The molecule has 0 aliphatic rings. The van der Waals surface area contributed by atoms with Crippen molar-refractivity contribution in [2.24, 2.45) is 0 Å². The van der Waals surface area contributed by atoms with Gasteiger partial charge in [-0.2, -0.15) is 8.78 Å². The van der Waals surface area contributed by atoms with Crippen LogP contribution in [0.2, 0.25) is 5.02 Å². The summed E-state index contributed by atoms with van der Waals surface area (Å²) in [6.45, 7) is -0.666. The van der Waals surface area contributed by atoms with Crippen LogP contribution in [0.25, 0.3) is 0 Å². The summed E-state index contributed by atoms with van der Waals surface area (Å²) in [5, 5.41) is 3.59. The van der Waals surface area contributed by atoms with Crippen molar-refractivity contribution in [2.75, 3.05) is 5.32 Å². The highest BCUT2D eigenvalue weighted by Gasteiger charge is 2.10. The fraction of sp³-hybridized carbons (Fsp3) is 0.214. The number of anilines is 1. The molecule has 106 valence electrons. The third kappa shape index (κ3) is 4.06. The van der Waals surface area contributed by atoms with Crippen molar-refractivity contribution in [3.8, 4) is 5.75 Å². The summed E-state index contributed by atoms with van der Waals surface area (Å²) in [4.78, 5) is 4.08. The summed E-state index contributed by atoms with van der Waals surface area (Å²) >= 11 is 5.88. The Morgan fingerprint density at radius 2 is 2.10 bits per heavy atom. The summed E-state index contributed by atoms with van der Waals surface area (Å²) < 4.78 is 29.1. The van der Waals surface area contributed by atoms with Crippen LogP contribution < -0.4 is 10.1 Å². The third-order valence-electron chi connectivity index (χ3n) is 2.62. The number of aromatic nitrogens is 1. The number of nitrogens with one attached hydrogen (secondary N) is 1. The molecule has 0 amide bonds. The topological polar surface area (TPSA) is 34.1 Å². The highest BCUT2D eigenvalue weighted by atomic mass is 35.5. The number of rotatable bonds is 5. The van der Waals surface area contributed by atoms with Crippen molar-refractivity contribution in [1.82, 2.24) is 4.98 Å². The van der Waals surface area contributed by atoms with Gasteiger partial charge in [-0.15, -0.1) is 0 Å². The zero-order chi connectivity index (χ0) is 14.5. The summed E-state index contributed by atoms with van der Waals surface area (Å²) in [6.07, 6.45) is 1.67. The minimum Gasteiger partial charge on any atom is -0.434 e. The monoisotopic (exact) mass is 298 g/mol. The number of halogens is 3. The molecular formula is C14H13ClF2N2O. The molecule has 0 saturated carbocycles. The van der Waals surface area contributed by atoms with E-state index in [0.29, 0.717) is 17.1 Å². The average molecular weight is 299 g/mol. The Kier molecular flexibility index (Phi) is 4.74. The maximum atomic E-state index is 12.3. The average Bonchev–Trinajstić information content (AvgIpc) is 2.39. The lowest BCUT2D eigenvalue weighted by Crippen LogP contribution is -2.07. The van der Waals surface area contributed by atoms with E-state index < -0.39 is 6.61 Å². The summed E-state index contributed by atoms with van der Waals surface area (Å²) in [7, 11) is 0. The van der Waals surface area contributed by atoms with E-state index in [0.717, 1.165) is 11.4 Å². The minimum absolute atomic E-state index is 0.114. The molecule has 3 nitrogen and oxygen atoms in total. The van der Waals surface area contributed by atoms with Gasteiger partial charge >= 0.3 is 6.61 Å². The summed E-state index contributed by atoms with van der Waals surface area (Å²) in [5.41, 5.74) is 2.28. The Morgan fingerprint density at radius 3 is 2.80 bits per heavy atom. The van der Waals surface area contributed by atoms with E-state index in [1.807, 2.05) is 13.0 Å². The molecule has 0 aliphatic carbocycles. The van der Waals surface area contributed by atoms with Crippen molar-refractivity contribution in [1.29, 1.82) is 0 Å². The molecular weight excluding hydrogens is 286 g/mol. The Bertz CT molecular complexity index is 593. The van der Waals surface area contributed by atoms with Crippen LogP contribution >= 0.6 is 11.6 Å². The van der Waals surface area contributed by atoms with E-state index in [-0.39, 0.29) is 5.75 Å². The van der Waals surface area contributed by atoms with Gasteiger partial charge in [0.05, 0.1) is 0 Å². The van der Waals surface area contributed by atoms with Gasteiger partial charge in [0.25, 0.3) is 0 Å². The second-order valence-corrected chi connectivity index (χ2v) is 4.61. The molecule has 1 heterocycles. The maximum Gasteiger partial charge on any atom is 0.387 e. The normalized spacial score (nSPS) is 10.7. The smallest absolute Gasteiger partial charge is 0.387 e. The van der Waals surface area contributed by atoms with Crippen LogP contribution in [-0.2, 0) is 6.54 Å². The molecule has 1 aromatic heterocycles. The minimum atomic E-state index is -2.86. The molecule has 1 aromatic carbocycles. The second kappa shape index (κ2) is 6.52. The van der Waals surface area contributed by atoms with E-state index in [1.165, 1.54) is 12.1 Å². The molecule has 0 bridgehead atoms. The van der Waals surface area contributed by atoms with Gasteiger partial charge in [0, 0.05) is 34.7 Å². The van der Waals surface area contributed by atoms with Gasteiger partial charge in [-0.05, 0) is 37.3 Å². The van der Waals surface area contributed by atoms with Gasteiger partial charge < -0.3 is 10.1 Å². The molecule has 1 N–H and O–H groups in total. The first kappa shape index (κ1) is 14.5. The highest BCUT2D eigenvalue weighted by molar-refractivity contribution is 6.30. The van der Waals surface area contributed by atoms with Crippen LogP contribution in [0.4, 0.5) is 14.5 Å². The van der Waals surface area contributed by atoms with Gasteiger partial charge in [0.1, 0.15) is 5.75 Å². The Hall–Kier alpha value is -1.88. The standard InChI is InChI=1S/C14H13ClF2N2O/c1-9-6-12(4-5-18-9)19-8-10-7-11(15)2-3-13(10)20-14(16)17/h2-7,14H,8H2,1H3,(H,18,19). The first-order valence-electron chi connectivity index (χ1n) is 5.94. The van der Waals surface area contributed by atoms with Gasteiger partial charge in [-0.3, -0.25) is 4.98 Å². The quantitative estimate of drug-likeness (QED) is 0.895. The van der Waals surface area contributed by atoms with Crippen molar-refractivity contribution in [2.45, 2.75) is 20.1 Å². The predicted octanol–water partition coefficient (Wildman–Crippen LogP) is 4.26. The van der Waals surface area contributed by atoms with Crippen LogP contribution in [0.15, 0.2) is 36.5 Å². The first-order chi connectivity index (χ1) is 9.54. The van der Waals surface area contributed by atoms with E-state index in [1.54, 1.807) is 18.3 Å². The van der Waals surface area contributed by atoms with Crippen molar-refractivity contribution < 1.29 is 13.5 Å². The zero-order valence-corrected chi connectivity index (χ0v) is 11.5. The first-order valence-corrected chi connectivity index (χ1v) is 6.32. The molecule has 2 aromatic rings. The SMILES string of the molecule is Cc1cc(NCc2cc(Cl)ccc2OC(F)F)ccn1. The zero-order valence-electron chi connectivity index (χ0n) is 10.7. The molecule has 2 rings (SSSR count). The Morgan fingerprint density at radius 1 is 1.30 bits per heavy atom. The fourth-order valence-electron chi connectivity index (χ4n) is 1.75. The molecule has 0 aliphatic heterocycles. The molecule has 6 heteroatoms. The van der Waals surface area contributed by atoms with Crippen molar-refractivity contribution in [3.05, 3.63) is 52.8 Å². The molecule has 20 heavy (non-hydrogen) atoms. The van der Waals surface area contributed by atoms with Crippen molar-refractivity contribution in [3.63, 3.8) is 0 Å². The predicted molar refractivity (Wildman–Crippen MR) is 74.4 cm³/mol. The van der Waals surface area contributed by atoms with E-state index in [2.05, 4.69) is 15.0 Å². The Labute approximate surface area is 120 Å². The Balaban J connectivity index is 2.13. The number of aryl methyl sites for hydroxylation is 1. The van der Waals surface area contributed by atoms with Crippen LogP contribution in [0, 0.1) is 6.92 Å². The molecule has 0 unspecified atom stereocenters. The van der Waals surface area contributed by atoms with Crippen LogP contribution in [0.5, 0.6) is 5.75 Å². The van der Waals surface area contributed by atoms with E-state index >= 15 is 0 Å². The third-order valence-corrected chi connectivity index (χ3v) is 2.85. The summed E-state index contributed by atoms with van der Waals surface area (Å²) in [5.74, 6) is 0.114.